The van der Waals surface area contributed by atoms with Gasteiger partial charge in [0.1, 0.15) is 58.7 Å². The Hall–Kier alpha value is -6.52. The van der Waals surface area contributed by atoms with Gasteiger partial charge in [-0.2, -0.15) is 0 Å². The number of rotatable bonds is 11. The van der Waals surface area contributed by atoms with E-state index in [1.807, 2.05) is 60.7 Å². The number of primary sulfonamides is 1. The van der Waals surface area contributed by atoms with Crippen LogP contribution in [0.15, 0.2) is 69.6 Å². The molecule has 8 N–H and O–H groups in total. The minimum atomic E-state index is -3.97. The zero-order valence-corrected chi connectivity index (χ0v) is 64.2. The lowest BCUT2D eigenvalue weighted by Gasteiger charge is -2.30. The van der Waals surface area contributed by atoms with Gasteiger partial charge in [-0.15, -0.1) is 0 Å². The molecule has 33 heteroatoms. The number of hydrogen-bond acceptors (Lipinski definition) is 20. The first-order chi connectivity index (χ1) is 47.3. The predicted octanol–water partition coefficient (Wildman–Crippen LogP) is 9.30. The molecule has 0 radical (unpaired) electrons. The first kappa shape index (κ1) is 77.1. The van der Waals surface area contributed by atoms with E-state index < -0.39 is 142 Å². The molecule has 4 aliphatic carbocycles. The molecule has 27 nitrogen and oxygen atoms in total. The number of thiazole rings is 2. The van der Waals surface area contributed by atoms with E-state index in [4.69, 9.17) is 24.1 Å². The molecule has 4 saturated carbocycles. The molecule has 6 heterocycles. The fourth-order valence-electron chi connectivity index (χ4n) is 12.6. The largest absolute Gasteiger partial charge is 0.479 e. The number of ether oxygens (including phenoxy) is 4. The Kier molecular flexibility index (Phi) is 23.1. The van der Waals surface area contributed by atoms with E-state index in [2.05, 4.69) is 67.8 Å². The lowest BCUT2D eigenvalue weighted by molar-refractivity contribution is -0.145. The maximum absolute atomic E-state index is 14.3. The topological polar surface area (TPSA) is 380 Å². The lowest BCUT2D eigenvalue weighted by Crippen LogP contribution is -2.58. The van der Waals surface area contributed by atoms with Crippen molar-refractivity contribution in [3.63, 3.8) is 0 Å². The molecule has 2 saturated heterocycles. The second kappa shape index (κ2) is 30.3. The number of carbonyl (C=O) groups is 8. The zero-order chi connectivity index (χ0) is 73.4. The summed E-state index contributed by atoms with van der Waals surface area (Å²) in [5.74, 6) is -4.70. The van der Waals surface area contributed by atoms with Crippen molar-refractivity contribution in [3.8, 4) is 10.4 Å². The van der Waals surface area contributed by atoms with Crippen LogP contribution in [0.2, 0.25) is 0 Å². The molecule has 8 aliphatic rings. The van der Waals surface area contributed by atoms with Gasteiger partial charge in [0.25, 0.3) is 16.3 Å². The van der Waals surface area contributed by atoms with E-state index in [-0.39, 0.29) is 44.7 Å². The molecule has 10 atom stereocenters. The molecule has 552 valence electrons. The van der Waals surface area contributed by atoms with Gasteiger partial charge in [0.2, 0.25) is 43.7 Å². The summed E-state index contributed by atoms with van der Waals surface area (Å²) in [6, 6.07) is 7.40. The third-order valence-electron chi connectivity index (χ3n) is 19.3. The number of nitrogens with two attached hydrogens (primary N) is 1. The van der Waals surface area contributed by atoms with Crippen LogP contribution in [-0.4, -0.2) is 171 Å². The number of carboxylic acid groups (broad SMARTS) is 1. The average molecular weight is 1610 g/mol. The average Bonchev–Trinajstić information content (AvgIpc) is 1.57. The monoisotopic (exact) mass is 1600 g/mol. The van der Waals surface area contributed by atoms with Crippen LogP contribution in [0.4, 0.5) is 9.59 Å². The summed E-state index contributed by atoms with van der Waals surface area (Å²) in [5.41, 5.74) is -2.94. The van der Waals surface area contributed by atoms with Crippen LogP contribution in [0.1, 0.15) is 171 Å². The molecule has 101 heavy (non-hydrogen) atoms. The molecule has 0 spiro atoms. The molecule has 6 fully saturated rings. The van der Waals surface area contributed by atoms with Gasteiger partial charge in [-0.3, -0.25) is 28.7 Å². The van der Waals surface area contributed by atoms with Crippen LogP contribution in [-0.2, 0) is 58.3 Å². The van der Waals surface area contributed by atoms with Gasteiger partial charge >= 0.3 is 18.2 Å². The number of allylic oxidation sites excluding steroid dienone is 2. The maximum atomic E-state index is 14.3. The summed E-state index contributed by atoms with van der Waals surface area (Å²) < 4.78 is 74.8. The highest BCUT2D eigenvalue weighted by molar-refractivity contribution is 9.10. The first-order valence-electron chi connectivity index (χ1n) is 34.1. The Morgan fingerprint density at radius 2 is 1.05 bits per heavy atom. The van der Waals surface area contributed by atoms with E-state index in [1.54, 1.807) is 55.4 Å². The lowest BCUT2D eigenvalue weighted by atomic mass is 10.0. The summed E-state index contributed by atoms with van der Waals surface area (Å²) in [7, 11) is -7.19. The zero-order valence-electron chi connectivity index (χ0n) is 57.8. The number of nitrogens with one attached hydrogen (secondary N) is 5. The summed E-state index contributed by atoms with van der Waals surface area (Å²) in [4.78, 5) is 120. The number of aliphatic carboxylic acids is 1. The Morgan fingerprint density at radius 1 is 0.634 bits per heavy atom. The summed E-state index contributed by atoms with van der Waals surface area (Å²) >= 11 is 9.63. The van der Waals surface area contributed by atoms with Crippen molar-refractivity contribution in [2.45, 2.75) is 239 Å². The number of carbonyl (C=O) groups excluding carboxylic acids is 7. The van der Waals surface area contributed by atoms with E-state index >= 15 is 0 Å². The van der Waals surface area contributed by atoms with Crippen molar-refractivity contribution in [3.05, 3.63) is 69.6 Å². The Labute approximate surface area is 612 Å². The highest BCUT2D eigenvalue weighted by atomic mass is 79.9. The molecule has 0 unspecified atom stereocenters. The van der Waals surface area contributed by atoms with Crippen LogP contribution in [0, 0.1) is 11.8 Å². The second-order valence-electron chi connectivity index (χ2n) is 29.9. The molecule has 4 aromatic rings. The molecular formula is C68H90Br2N10O17S4. The third kappa shape index (κ3) is 19.1. The molecule has 12 rings (SSSR count). The quantitative estimate of drug-likeness (QED) is 0.0687. The second-order valence-corrected chi connectivity index (χ2v) is 38.0. The third-order valence-corrected chi connectivity index (χ3v) is 26.1. The number of carboxylic acids is 1. The van der Waals surface area contributed by atoms with Crippen LogP contribution in [0.3, 0.4) is 0 Å². The maximum Gasteiger partial charge on any atom is 0.408 e. The van der Waals surface area contributed by atoms with Crippen LogP contribution < -0.4 is 40.6 Å². The van der Waals surface area contributed by atoms with Crippen molar-refractivity contribution in [1.82, 2.24) is 45.8 Å². The minimum Gasteiger partial charge on any atom is -0.479 e. The molecule has 4 aliphatic heterocycles. The van der Waals surface area contributed by atoms with Gasteiger partial charge in [0.15, 0.2) is 0 Å². The normalized spacial score (nSPS) is 28.7. The molecular weight excluding hydrogens is 1520 g/mol. The number of alkyl carbamates (subject to hydrolysis) is 2. The van der Waals surface area contributed by atoms with Crippen LogP contribution in [0.5, 0.6) is 10.4 Å². The Balaban J connectivity index is 0.000000197. The van der Waals surface area contributed by atoms with Gasteiger partial charge in [-0.1, -0.05) is 105 Å². The van der Waals surface area contributed by atoms with Gasteiger partial charge in [0.05, 0.1) is 43.0 Å². The predicted molar refractivity (Wildman–Crippen MR) is 386 cm³/mol. The molecule has 2 aromatic heterocycles. The molecule has 2 aromatic carbocycles. The number of halogens is 2. The van der Waals surface area contributed by atoms with Gasteiger partial charge in [-0.25, -0.2) is 46.3 Å². The van der Waals surface area contributed by atoms with Crippen molar-refractivity contribution in [1.29, 1.82) is 0 Å². The fraction of sp³-hybridized carbons (Fsp3) is 0.618. The smallest absolute Gasteiger partial charge is 0.408 e. The number of nitrogens with zero attached hydrogens (tertiary/aromatic N) is 4. The van der Waals surface area contributed by atoms with Crippen molar-refractivity contribution < 1.29 is 79.2 Å². The number of benzene rings is 2. The highest BCUT2D eigenvalue weighted by Gasteiger charge is 2.64. The first-order valence-corrected chi connectivity index (χ1v) is 40.4. The Morgan fingerprint density at radius 3 is 1.45 bits per heavy atom. The van der Waals surface area contributed by atoms with Crippen LogP contribution in [0.25, 0.3) is 20.4 Å². The number of sulfonamides is 2. The molecule has 0 bridgehead atoms. The highest BCUT2D eigenvalue weighted by Crippen LogP contribution is 2.49. The number of amides is 7. The SMILES string of the molecule is CC(C)(C)OC(=O)N[C@H]1CCCCC/C=C\[C@@H]2C[C@@]2(C(=O)NS(=O)(=O)C2(C)CC2)NC(=O)[C@@H]2C[C@@H](Oc3nc4ccc(Br)cc4s3)CN2C1=O.CC(C)(C)OC(=O)N[C@H]1CCCCC/C=C\[C@@H]2C[C@@]2(C(=O)O)NC(=O)[C@@H]2C[C@@H](Oc3nc4ccc(Br)cc4s3)CN2C1=O.CC1(S(N)(=O)=O)CC1. The standard InChI is InChI=1S/C34H44BrN5O8S2.C30H37BrN4O7S.C4H9NO2S/c1-32(2,3)48-30(44)36-24-11-9-7-5-6-8-10-20-18-34(20,29(43)39-50(45,46)33(4)14-15-33)38-27(41)25-17-22(19-40(25)28(24)42)47-31-37-23-13-12-21(35)16-26(23)49-31;1-29(2,3)42-27(40)32-21-10-8-6-4-5-7-9-17-15-30(17,26(38)39)34-24(36)22-14-19(16-35(22)25(21)37)41-28-33-20-12-11-18(31)13-23(20)43-28;1-4(2-3-4)8(5,6)7/h8,10,12-13,16,20,22,24-25H,5-7,9,11,14-15,17-19H2,1-4H3,(H,36,44)(H,38,41)(H,39,43);7,9,11-13,17,19,21-22H,4-6,8,10,14-16H2,1-3H3,(H,32,40)(H,34,36)(H,38,39);2-3H2,1H3,(H2,5,6,7)/b10-8-;9-7-;/t20-,22-,24+,25+,34-;17-,19-,21+,22+,30-;/m11./s1. The number of hydrogen-bond donors (Lipinski definition) is 7. The van der Waals surface area contributed by atoms with Gasteiger partial charge < -0.3 is 55.1 Å². The molecule has 7 amide bonds. The van der Waals surface area contributed by atoms with E-state index in [1.165, 1.54) is 32.5 Å². The van der Waals surface area contributed by atoms with E-state index in [9.17, 15) is 60.3 Å². The minimum absolute atomic E-state index is 0.0261. The Bertz CT molecular complexity index is 4150. The number of fused-ring (bicyclic) bond motifs is 6. The fourth-order valence-corrected chi connectivity index (χ4v) is 17.4. The number of aromatic nitrogens is 2. The van der Waals surface area contributed by atoms with E-state index in [0.717, 1.165) is 74.3 Å². The summed E-state index contributed by atoms with van der Waals surface area (Å²) in [6.45, 7) is 13.8. The van der Waals surface area contributed by atoms with Crippen molar-refractivity contribution in [2.75, 3.05) is 13.1 Å². The van der Waals surface area contributed by atoms with Gasteiger partial charge in [0, 0.05) is 33.6 Å². The van der Waals surface area contributed by atoms with Crippen molar-refractivity contribution >= 4 is 143 Å². The van der Waals surface area contributed by atoms with Crippen LogP contribution >= 0.6 is 54.5 Å². The summed E-state index contributed by atoms with van der Waals surface area (Å²) in [5, 5.41) is 26.8. The van der Waals surface area contributed by atoms with Crippen molar-refractivity contribution in [2.24, 2.45) is 17.0 Å². The van der Waals surface area contributed by atoms with E-state index in [0.29, 0.717) is 55.3 Å². The summed E-state index contributed by atoms with van der Waals surface area (Å²) in [6.07, 6.45) is 14.8. The van der Waals surface area contributed by atoms with Gasteiger partial charge in [-0.05, 0) is 169 Å².